The van der Waals surface area contributed by atoms with Crippen LogP contribution < -0.4 is 10.1 Å². The number of nitrogens with one attached hydrogen (secondary N) is 1. The topological polar surface area (TPSA) is 88.4 Å². The van der Waals surface area contributed by atoms with Crippen LogP contribution in [-0.2, 0) is 9.53 Å². The van der Waals surface area contributed by atoms with Gasteiger partial charge in [-0.05, 0) is 49.7 Å². The summed E-state index contributed by atoms with van der Waals surface area (Å²) in [5, 5.41) is 11.7. The van der Waals surface area contributed by atoms with Gasteiger partial charge in [-0.2, -0.15) is 5.26 Å². The minimum absolute atomic E-state index is 0.331. The number of carbonyl (C=O) groups is 2. The quantitative estimate of drug-likeness (QED) is 0.517. The Morgan fingerprint density at radius 2 is 1.82 bits per heavy atom. The Morgan fingerprint density at radius 3 is 2.50 bits per heavy atom. The first-order valence-corrected chi connectivity index (χ1v) is 9.29. The van der Waals surface area contributed by atoms with Crippen molar-refractivity contribution in [3.05, 3.63) is 59.7 Å². The summed E-state index contributed by atoms with van der Waals surface area (Å²) in [5.74, 6) is -0.424. The number of anilines is 1. The van der Waals surface area contributed by atoms with Crippen molar-refractivity contribution < 1.29 is 19.1 Å². The third-order valence-corrected chi connectivity index (χ3v) is 4.07. The van der Waals surface area contributed by atoms with Crippen molar-refractivity contribution >= 4 is 17.6 Å². The lowest BCUT2D eigenvalue weighted by Gasteiger charge is -2.14. The smallest absolute Gasteiger partial charge is 0.338 e. The van der Waals surface area contributed by atoms with Crippen LogP contribution in [0.25, 0.3) is 0 Å². The second kappa shape index (κ2) is 10.7. The minimum Gasteiger partial charge on any atom is -0.494 e. The van der Waals surface area contributed by atoms with E-state index in [4.69, 9.17) is 14.7 Å². The van der Waals surface area contributed by atoms with E-state index in [0.717, 1.165) is 19.3 Å². The highest BCUT2D eigenvalue weighted by Crippen LogP contribution is 2.16. The van der Waals surface area contributed by atoms with Gasteiger partial charge in [-0.1, -0.05) is 31.9 Å². The van der Waals surface area contributed by atoms with E-state index in [2.05, 4.69) is 12.2 Å². The number of esters is 1. The number of para-hydroxylation sites is 1. The van der Waals surface area contributed by atoms with Crippen LogP contribution in [0, 0.1) is 11.3 Å². The predicted molar refractivity (Wildman–Crippen MR) is 106 cm³/mol. The fraction of sp³-hybridized carbons (Fsp3) is 0.318. The van der Waals surface area contributed by atoms with Crippen molar-refractivity contribution in [3.8, 4) is 11.8 Å². The molecule has 2 aromatic rings. The molecule has 2 rings (SSSR count). The van der Waals surface area contributed by atoms with E-state index in [0.29, 0.717) is 29.2 Å². The first kappa shape index (κ1) is 21.0. The van der Waals surface area contributed by atoms with Gasteiger partial charge < -0.3 is 14.8 Å². The van der Waals surface area contributed by atoms with Crippen molar-refractivity contribution in [2.45, 2.75) is 39.2 Å². The normalized spacial score (nSPS) is 11.2. The summed E-state index contributed by atoms with van der Waals surface area (Å²) in [7, 11) is 0. The molecule has 2 aromatic carbocycles. The molecule has 0 unspecified atom stereocenters. The van der Waals surface area contributed by atoms with E-state index in [1.807, 2.05) is 6.07 Å². The second-order valence-electron chi connectivity index (χ2n) is 6.27. The fourth-order valence-electron chi connectivity index (χ4n) is 2.44. The van der Waals surface area contributed by atoms with Gasteiger partial charge in [-0.3, -0.25) is 4.79 Å². The van der Waals surface area contributed by atoms with E-state index < -0.39 is 18.0 Å². The average molecular weight is 380 g/mol. The molecule has 0 aromatic heterocycles. The molecular formula is C22H24N2O4. The number of nitriles is 1. The molecule has 28 heavy (non-hydrogen) atoms. The summed E-state index contributed by atoms with van der Waals surface area (Å²) in [6.07, 6.45) is 2.22. The molecule has 0 spiro atoms. The Kier molecular flexibility index (Phi) is 8.04. The number of carbonyl (C=O) groups excluding carboxylic acids is 2. The van der Waals surface area contributed by atoms with Gasteiger partial charge in [0.25, 0.3) is 5.91 Å². The fourth-order valence-corrected chi connectivity index (χ4v) is 2.44. The maximum absolute atomic E-state index is 12.3. The Labute approximate surface area is 165 Å². The zero-order valence-electron chi connectivity index (χ0n) is 16.1. The highest BCUT2D eigenvalue weighted by atomic mass is 16.5. The van der Waals surface area contributed by atoms with Crippen molar-refractivity contribution in [2.75, 3.05) is 11.9 Å². The van der Waals surface area contributed by atoms with Gasteiger partial charge in [0.15, 0.2) is 6.10 Å². The third kappa shape index (κ3) is 6.13. The molecule has 1 amide bonds. The van der Waals surface area contributed by atoms with Gasteiger partial charge in [0.2, 0.25) is 0 Å². The summed E-state index contributed by atoms with van der Waals surface area (Å²) in [4.78, 5) is 24.5. The number of hydrogen-bond acceptors (Lipinski definition) is 5. The summed E-state index contributed by atoms with van der Waals surface area (Å²) >= 11 is 0. The van der Waals surface area contributed by atoms with Gasteiger partial charge in [0, 0.05) is 0 Å². The molecule has 146 valence electrons. The zero-order chi connectivity index (χ0) is 20.4. The summed E-state index contributed by atoms with van der Waals surface area (Å²) in [6, 6.07) is 15.2. The number of unbranched alkanes of at least 4 members (excludes halogenated alkanes) is 2. The van der Waals surface area contributed by atoms with E-state index in [-0.39, 0.29) is 0 Å². The van der Waals surface area contributed by atoms with Crippen LogP contribution in [0.4, 0.5) is 5.69 Å². The monoisotopic (exact) mass is 380 g/mol. The standard InChI is InChI=1S/C22H24N2O4/c1-3-4-7-14-27-19-12-10-17(11-13-19)22(26)28-16(2)21(25)24-20-9-6-5-8-18(20)15-23/h5-6,8-13,16H,3-4,7,14H2,1-2H3,(H,24,25)/t16-/m1/s1. The Bertz CT molecular complexity index is 840. The molecule has 0 saturated carbocycles. The van der Waals surface area contributed by atoms with Crippen molar-refractivity contribution in [1.82, 2.24) is 0 Å². The van der Waals surface area contributed by atoms with Gasteiger partial charge in [-0.15, -0.1) is 0 Å². The van der Waals surface area contributed by atoms with E-state index in [9.17, 15) is 9.59 Å². The molecule has 0 bridgehead atoms. The van der Waals surface area contributed by atoms with Gasteiger partial charge in [-0.25, -0.2) is 4.79 Å². The van der Waals surface area contributed by atoms with Gasteiger partial charge in [0.05, 0.1) is 23.4 Å². The summed E-state index contributed by atoms with van der Waals surface area (Å²) < 4.78 is 10.8. The highest BCUT2D eigenvalue weighted by molar-refractivity contribution is 5.98. The molecule has 0 saturated heterocycles. The molecule has 0 aliphatic carbocycles. The number of benzene rings is 2. The van der Waals surface area contributed by atoms with Crippen LogP contribution in [-0.4, -0.2) is 24.6 Å². The average Bonchev–Trinajstić information content (AvgIpc) is 2.72. The Morgan fingerprint density at radius 1 is 1.11 bits per heavy atom. The lowest BCUT2D eigenvalue weighted by Crippen LogP contribution is -2.30. The summed E-state index contributed by atoms with van der Waals surface area (Å²) in [5.41, 5.74) is 1.05. The minimum atomic E-state index is -1.01. The number of rotatable bonds is 9. The van der Waals surface area contributed by atoms with Crippen molar-refractivity contribution in [1.29, 1.82) is 5.26 Å². The largest absolute Gasteiger partial charge is 0.494 e. The number of nitrogens with zero attached hydrogens (tertiary/aromatic N) is 1. The zero-order valence-corrected chi connectivity index (χ0v) is 16.1. The van der Waals surface area contributed by atoms with Gasteiger partial charge in [0.1, 0.15) is 11.8 Å². The molecular weight excluding hydrogens is 356 g/mol. The van der Waals surface area contributed by atoms with Crippen LogP contribution in [0.1, 0.15) is 49.0 Å². The molecule has 1 atom stereocenters. The number of ether oxygens (including phenoxy) is 2. The van der Waals surface area contributed by atoms with Crippen LogP contribution >= 0.6 is 0 Å². The molecule has 0 aliphatic heterocycles. The maximum atomic E-state index is 12.3. The van der Waals surface area contributed by atoms with Crippen molar-refractivity contribution in [2.24, 2.45) is 0 Å². The first-order valence-electron chi connectivity index (χ1n) is 9.29. The molecule has 0 radical (unpaired) electrons. The number of amides is 1. The van der Waals surface area contributed by atoms with E-state index in [1.54, 1.807) is 48.5 Å². The molecule has 6 nitrogen and oxygen atoms in total. The SMILES string of the molecule is CCCCCOc1ccc(C(=O)O[C@H](C)C(=O)Nc2ccccc2C#N)cc1. The van der Waals surface area contributed by atoms with Crippen LogP contribution in [0.15, 0.2) is 48.5 Å². The predicted octanol–water partition coefficient (Wildman–Crippen LogP) is 4.31. The van der Waals surface area contributed by atoms with Gasteiger partial charge >= 0.3 is 5.97 Å². The lowest BCUT2D eigenvalue weighted by atomic mass is 10.2. The molecule has 0 fully saturated rings. The Balaban J connectivity index is 1.89. The molecule has 0 aliphatic rings. The lowest BCUT2D eigenvalue weighted by molar-refractivity contribution is -0.123. The molecule has 0 heterocycles. The molecule has 6 heteroatoms. The van der Waals surface area contributed by atoms with E-state index in [1.165, 1.54) is 6.92 Å². The number of hydrogen-bond donors (Lipinski definition) is 1. The second-order valence-corrected chi connectivity index (χ2v) is 6.27. The van der Waals surface area contributed by atoms with Crippen LogP contribution in [0.2, 0.25) is 0 Å². The Hall–Kier alpha value is -3.33. The van der Waals surface area contributed by atoms with Crippen LogP contribution in [0.3, 0.4) is 0 Å². The maximum Gasteiger partial charge on any atom is 0.338 e. The van der Waals surface area contributed by atoms with E-state index >= 15 is 0 Å². The van der Waals surface area contributed by atoms with Crippen LogP contribution in [0.5, 0.6) is 5.75 Å². The first-order chi connectivity index (χ1) is 13.5. The third-order valence-electron chi connectivity index (χ3n) is 4.07. The van der Waals surface area contributed by atoms with Crippen molar-refractivity contribution in [3.63, 3.8) is 0 Å². The molecule has 1 N–H and O–H groups in total. The summed E-state index contributed by atoms with van der Waals surface area (Å²) in [6.45, 7) is 4.25. The highest BCUT2D eigenvalue weighted by Gasteiger charge is 2.20.